The number of carbonyl (C=O) groups excluding carboxylic acids is 1. The molecule has 0 aliphatic heterocycles. The first-order valence-electron chi connectivity index (χ1n) is 6.71. The molecular weight excluding hydrogens is 226 g/mol. The maximum Gasteiger partial charge on any atom is 0.251 e. The highest BCUT2D eigenvalue weighted by molar-refractivity contribution is 5.94. The predicted molar refractivity (Wildman–Crippen MR) is 72.7 cm³/mol. The van der Waals surface area contributed by atoms with Crippen molar-refractivity contribution < 1.29 is 4.79 Å². The summed E-state index contributed by atoms with van der Waals surface area (Å²) in [6, 6.07) is 3.51. The van der Waals surface area contributed by atoms with Crippen LogP contribution < -0.4 is 10.6 Å². The fourth-order valence-electron chi connectivity index (χ4n) is 2.50. The average molecular weight is 247 g/mol. The topological polar surface area (TPSA) is 54.0 Å². The van der Waals surface area contributed by atoms with Gasteiger partial charge in [-0.25, -0.2) is 4.98 Å². The molecular formula is C14H21N3O. The summed E-state index contributed by atoms with van der Waals surface area (Å²) in [6.45, 7) is 0.778. The van der Waals surface area contributed by atoms with Crippen LogP contribution in [0, 0.1) is 5.92 Å². The molecule has 1 aliphatic rings. The normalized spacial score (nSPS) is 15.6. The third-order valence-electron chi connectivity index (χ3n) is 3.59. The van der Waals surface area contributed by atoms with Crippen LogP contribution in [0.25, 0.3) is 0 Å². The van der Waals surface area contributed by atoms with E-state index in [0.717, 1.165) is 24.7 Å². The van der Waals surface area contributed by atoms with E-state index in [1.54, 1.807) is 25.4 Å². The molecule has 0 radical (unpaired) electrons. The molecule has 1 aromatic heterocycles. The number of carbonyl (C=O) groups is 1. The quantitative estimate of drug-likeness (QED) is 0.840. The van der Waals surface area contributed by atoms with Crippen LogP contribution in [0.1, 0.15) is 42.5 Å². The summed E-state index contributed by atoms with van der Waals surface area (Å²) < 4.78 is 0. The molecule has 0 aromatic carbocycles. The van der Waals surface area contributed by atoms with Crippen LogP contribution >= 0.6 is 0 Å². The molecule has 1 aromatic rings. The van der Waals surface area contributed by atoms with Gasteiger partial charge in [-0.15, -0.1) is 0 Å². The van der Waals surface area contributed by atoms with Crippen LogP contribution in [-0.4, -0.2) is 24.5 Å². The first-order chi connectivity index (χ1) is 8.79. The predicted octanol–water partition coefficient (Wildman–Crippen LogP) is 2.43. The Balaban J connectivity index is 1.79. The Morgan fingerprint density at radius 3 is 2.94 bits per heavy atom. The molecule has 1 amide bonds. The van der Waals surface area contributed by atoms with Crippen LogP contribution in [0.2, 0.25) is 0 Å². The van der Waals surface area contributed by atoms with Crippen LogP contribution in [0.4, 0.5) is 5.82 Å². The third kappa shape index (κ3) is 3.45. The zero-order chi connectivity index (χ0) is 12.8. The molecule has 4 nitrogen and oxygen atoms in total. The first-order valence-corrected chi connectivity index (χ1v) is 6.71. The Labute approximate surface area is 108 Å². The number of hydrogen-bond donors (Lipinski definition) is 2. The van der Waals surface area contributed by atoms with E-state index in [-0.39, 0.29) is 5.91 Å². The lowest BCUT2D eigenvalue weighted by Crippen LogP contribution is -2.25. The minimum absolute atomic E-state index is 0.00750. The summed E-state index contributed by atoms with van der Waals surface area (Å²) in [5, 5.41) is 5.91. The molecule has 1 saturated carbocycles. The van der Waals surface area contributed by atoms with Gasteiger partial charge in [-0.05, 0) is 24.5 Å². The number of hydrogen-bond acceptors (Lipinski definition) is 3. The fraction of sp³-hybridized carbons (Fsp3) is 0.571. The van der Waals surface area contributed by atoms with Gasteiger partial charge in [0.15, 0.2) is 0 Å². The van der Waals surface area contributed by atoms with Crippen molar-refractivity contribution in [1.82, 2.24) is 10.3 Å². The van der Waals surface area contributed by atoms with E-state index >= 15 is 0 Å². The fourth-order valence-corrected chi connectivity index (χ4v) is 2.50. The zero-order valence-electron chi connectivity index (χ0n) is 10.9. The lowest BCUT2D eigenvalue weighted by atomic mass is 10.0. The van der Waals surface area contributed by atoms with Crippen molar-refractivity contribution in [2.24, 2.45) is 5.92 Å². The molecule has 2 rings (SSSR count). The van der Waals surface area contributed by atoms with E-state index in [1.807, 2.05) is 0 Å². The van der Waals surface area contributed by atoms with Gasteiger partial charge in [0.05, 0.1) is 0 Å². The standard InChI is InChI=1S/C14H21N3O/c1-15-13-10-12(7-9-16-13)14(18)17-8-6-11-4-2-3-5-11/h7,9-11H,2-6,8H2,1H3,(H,15,16)(H,17,18). The second-order valence-electron chi connectivity index (χ2n) is 4.87. The number of aromatic nitrogens is 1. The molecule has 2 N–H and O–H groups in total. The summed E-state index contributed by atoms with van der Waals surface area (Å²) in [6.07, 6.45) is 8.13. The largest absolute Gasteiger partial charge is 0.373 e. The van der Waals surface area contributed by atoms with Gasteiger partial charge >= 0.3 is 0 Å². The van der Waals surface area contributed by atoms with E-state index in [0.29, 0.717) is 5.56 Å². The molecule has 1 heterocycles. The maximum absolute atomic E-state index is 11.9. The Kier molecular flexibility index (Phi) is 4.56. The summed E-state index contributed by atoms with van der Waals surface area (Å²) in [5.74, 6) is 1.53. The van der Waals surface area contributed by atoms with Gasteiger partial charge in [0, 0.05) is 25.4 Å². The van der Waals surface area contributed by atoms with Gasteiger partial charge in [-0.2, -0.15) is 0 Å². The van der Waals surface area contributed by atoms with Gasteiger partial charge in [0.1, 0.15) is 5.82 Å². The van der Waals surface area contributed by atoms with Crippen molar-refractivity contribution in [3.8, 4) is 0 Å². The summed E-state index contributed by atoms with van der Waals surface area (Å²) >= 11 is 0. The number of anilines is 1. The molecule has 1 aliphatic carbocycles. The third-order valence-corrected chi connectivity index (χ3v) is 3.59. The Bertz CT molecular complexity index is 400. The number of nitrogens with one attached hydrogen (secondary N) is 2. The van der Waals surface area contributed by atoms with Crippen molar-refractivity contribution in [2.75, 3.05) is 18.9 Å². The molecule has 0 atom stereocenters. The zero-order valence-corrected chi connectivity index (χ0v) is 10.9. The van der Waals surface area contributed by atoms with E-state index in [2.05, 4.69) is 15.6 Å². The molecule has 98 valence electrons. The van der Waals surface area contributed by atoms with Gasteiger partial charge in [-0.1, -0.05) is 25.7 Å². The molecule has 0 saturated heterocycles. The highest BCUT2D eigenvalue weighted by atomic mass is 16.1. The summed E-state index contributed by atoms with van der Waals surface area (Å²) in [5.41, 5.74) is 0.667. The average Bonchev–Trinajstić information content (AvgIpc) is 2.92. The monoisotopic (exact) mass is 247 g/mol. The lowest BCUT2D eigenvalue weighted by molar-refractivity contribution is 0.0951. The van der Waals surface area contributed by atoms with Crippen LogP contribution in [0.15, 0.2) is 18.3 Å². The second kappa shape index (κ2) is 6.38. The number of pyridine rings is 1. The first kappa shape index (κ1) is 12.9. The molecule has 0 spiro atoms. The summed E-state index contributed by atoms with van der Waals surface area (Å²) in [4.78, 5) is 16.0. The lowest BCUT2D eigenvalue weighted by Gasteiger charge is -2.10. The molecule has 4 heteroatoms. The molecule has 0 unspecified atom stereocenters. The van der Waals surface area contributed by atoms with Crippen LogP contribution in [0.3, 0.4) is 0 Å². The maximum atomic E-state index is 11.9. The number of nitrogens with zero attached hydrogens (tertiary/aromatic N) is 1. The SMILES string of the molecule is CNc1cc(C(=O)NCCC2CCCC2)ccn1. The van der Waals surface area contributed by atoms with Crippen molar-refractivity contribution >= 4 is 11.7 Å². The highest BCUT2D eigenvalue weighted by Gasteiger charge is 2.15. The smallest absolute Gasteiger partial charge is 0.251 e. The molecule has 1 fully saturated rings. The van der Waals surface area contributed by atoms with Gasteiger partial charge < -0.3 is 10.6 Å². The van der Waals surface area contributed by atoms with Crippen molar-refractivity contribution in [2.45, 2.75) is 32.1 Å². The highest BCUT2D eigenvalue weighted by Crippen LogP contribution is 2.26. The summed E-state index contributed by atoms with van der Waals surface area (Å²) in [7, 11) is 1.80. The van der Waals surface area contributed by atoms with Crippen LogP contribution in [0.5, 0.6) is 0 Å². The molecule has 18 heavy (non-hydrogen) atoms. The van der Waals surface area contributed by atoms with Gasteiger partial charge in [0.2, 0.25) is 0 Å². The van der Waals surface area contributed by atoms with E-state index < -0.39 is 0 Å². The van der Waals surface area contributed by atoms with Gasteiger partial charge in [-0.3, -0.25) is 4.79 Å². The van der Waals surface area contributed by atoms with E-state index in [9.17, 15) is 4.79 Å². The van der Waals surface area contributed by atoms with Crippen LogP contribution in [-0.2, 0) is 0 Å². The minimum atomic E-state index is -0.00750. The van der Waals surface area contributed by atoms with E-state index in [4.69, 9.17) is 0 Å². The number of amides is 1. The Hall–Kier alpha value is -1.58. The minimum Gasteiger partial charge on any atom is -0.373 e. The van der Waals surface area contributed by atoms with Gasteiger partial charge in [0.25, 0.3) is 5.91 Å². The Morgan fingerprint density at radius 1 is 1.44 bits per heavy atom. The molecule has 0 bridgehead atoms. The van der Waals surface area contributed by atoms with E-state index in [1.165, 1.54) is 25.7 Å². The van der Waals surface area contributed by atoms with Crippen molar-refractivity contribution in [3.05, 3.63) is 23.9 Å². The second-order valence-corrected chi connectivity index (χ2v) is 4.87. The number of rotatable bonds is 5. The van der Waals surface area contributed by atoms with Crippen molar-refractivity contribution in [1.29, 1.82) is 0 Å². The Morgan fingerprint density at radius 2 is 2.22 bits per heavy atom. The van der Waals surface area contributed by atoms with Crippen molar-refractivity contribution in [3.63, 3.8) is 0 Å².